The summed E-state index contributed by atoms with van der Waals surface area (Å²) in [7, 11) is -4.20. The summed E-state index contributed by atoms with van der Waals surface area (Å²) >= 11 is 0. The van der Waals surface area contributed by atoms with Crippen LogP contribution < -0.4 is 15.4 Å². The highest BCUT2D eigenvalue weighted by Gasteiger charge is 2.38. The zero-order valence-electron chi connectivity index (χ0n) is 24.9. The molecule has 0 aliphatic carbocycles. The maximum absolute atomic E-state index is 13.1. The average Bonchev–Trinajstić information content (AvgIpc) is 3.47. The Balaban J connectivity index is 0.000000671. The maximum atomic E-state index is 13.1. The third-order valence-electron chi connectivity index (χ3n) is 6.77. The molecule has 2 aromatic heterocycles. The largest absolute Gasteiger partial charge is 0.490 e. The first-order chi connectivity index (χ1) is 22.8. The molecule has 0 bridgehead atoms. The fourth-order valence-electron chi connectivity index (χ4n) is 4.48. The lowest BCUT2D eigenvalue weighted by Gasteiger charge is -2.16. The molecule has 17 heteroatoms. The molecule has 5 rings (SSSR count). The van der Waals surface area contributed by atoms with E-state index in [1.165, 1.54) is 6.07 Å². The van der Waals surface area contributed by atoms with Crippen LogP contribution in [-0.4, -0.2) is 76.5 Å². The van der Waals surface area contributed by atoms with Crippen molar-refractivity contribution >= 4 is 55.4 Å². The van der Waals surface area contributed by atoms with E-state index in [4.69, 9.17) is 9.90 Å². The number of rotatable bonds is 12. The third kappa shape index (κ3) is 9.26. The van der Waals surface area contributed by atoms with E-state index in [9.17, 15) is 36.3 Å². The molecule has 1 atom stereocenters. The number of fused-ring (bicyclic) bond motifs is 2. The number of carbonyl (C=O) groups is 3. The van der Waals surface area contributed by atoms with Crippen LogP contribution in [0.3, 0.4) is 0 Å². The van der Waals surface area contributed by atoms with Crippen molar-refractivity contribution in [3.63, 3.8) is 0 Å². The number of alkyl halides is 3. The van der Waals surface area contributed by atoms with Gasteiger partial charge < -0.3 is 20.8 Å². The standard InChI is InChI=1S/C29H28N6O5S.C2HF3O2/c36-28(21-12-13-25-22(17-21)18-33-35(25)16-6-15-31-27-11-3-4-14-30-27)32-19-24(29(37)38)34-41(39,40)26-10-5-8-20-7-1-2-9-23(20)26;3-2(4,5)1(6)7/h1-5,7-14,17-18,24,34H,6,15-16,19H2,(H,30,31)(H,32,36)(H,37,38);(H,6,7)/t24-;/m0./s1. The summed E-state index contributed by atoms with van der Waals surface area (Å²) in [6.07, 6.45) is -0.888. The van der Waals surface area contributed by atoms with Gasteiger partial charge in [0.2, 0.25) is 10.0 Å². The topological polar surface area (TPSA) is 193 Å². The first-order valence-electron chi connectivity index (χ1n) is 14.2. The van der Waals surface area contributed by atoms with Crippen molar-refractivity contribution in [3.05, 3.63) is 96.8 Å². The lowest BCUT2D eigenvalue weighted by atomic mass is 10.1. The number of aryl methyl sites for hydroxylation is 1. The number of carboxylic acid groups (broad SMARTS) is 2. The van der Waals surface area contributed by atoms with Crippen molar-refractivity contribution in [2.75, 3.05) is 18.4 Å². The van der Waals surface area contributed by atoms with E-state index in [2.05, 4.69) is 25.4 Å². The number of carboxylic acids is 2. The summed E-state index contributed by atoms with van der Waals surface area (Å²) in [5, 5.41) is 28.9. The first-order valence-corrected chi connectivity index (χ1v) is 15.7. The average molecular weight is 687 g/mol. The second-order valence-corrected chi connectivity index (χ2v) is 11.8. The third-order valence-corrected chi connectivity index (χ3v) is 8.30. The molecule has 0 spiro atoms. The molecule has 0 unspecified atom stereocenters. The zero-order chi connectivity index (χ0) is 34.9. The van der Waals surface area contributed by atoms with Crippen molar-refractivity contribution in [2.24, 2.45) is 0 Å². The van der Waals surface area contributed by atoms with Crippen LogP contribution in [0.1, 0.15) is 16.8 Å². The molecule has 2 heterocycles. The summed E-state index contributed by atoms with van der Waals surface area (Å²) in [6, 6.07) is 20.8. The summed E-state index contributed by atoms with van der Waals surface area (Å²) in [5.74, 6) is -3.90. The van der Waals surface area contributed by atoms with Crippen LogP contribution in [0.5, 0.6) is 0 Å². The Morgan fingerprint density at radius 3 is 2.31 bits per heavy atom. The minimum absolute atomic E-state index is 0.0387. The molecule has 0 fully saturated rings. The number of hydrogen-bond donors (Lipinski definition) is 5. The second-order valence-electron chi connectivity index (χ2n) is 10.1. The fraction of sp³-hybridized carbons (Fsp3) is 0.194. The molecule has 0 aliphatic rings. The molecule has 13 nitrogen and oxygen atoms in total. The number of benzene rings is 3. The lowest BCUT2D eigenvalue weighted by Crippen LogP contribution is -2.48. The van der Waals surface area contributed by atoms with Crippen LogP contribution in [0, 0.1) is 0 Å². The van der Waals surface area contributed by atoms with Crippen molar-refractivity contribution in [1.29, 1.82) is 0 Å². The van der Waals surface area contributed by atoms with Gasteiger partial charge in [-0.25, -0.2) is 18.2 Å². The quantitative estimate of drug-likeness (QED) is 0.120. The van der Waals surface area contributed by atoms with Gasteiger partial charge in [0.15, 0.2) is 0 Å². The van der Waals surface area contributed by atoms with E-state index in [1.54, 1.807) is 67.0 Å². The lowest BCUT2D eigenvalue weighted by molar-refractivity contribution is -0.192. The molecule has 252 valence electrons. The Kier molecular flexibility index (Phi) is 11.3. The minimum atomic E-state index is -5.08. The van der Waals surface area contributed by atoms with E-state index in [0.717, 1.165) is 23.1 Å². The summed E-state index contributed by atoms with van der Waals surface area (Å²) in [4.78, 5) is 37.8. The van der Waals surface area contributed by atoms with E-state index < -0.39 is 46.6 Å². The minimum Gasteiger partial charge on any atom is -0.480 e. The highest BCUT2D eigenvalue weighted by Crippen LogP contribution is 2.23. The van der Waals surface area contributed by atoms with Gasteiger partial charge in [-0.3, -0.25) is 14.3 Å². The van der Waals surface area contributed by atoms with E-state index in [1.807, 2.05) is 22.9 Å². The molecule has 1 amide bonds. The Bertz CT molecular complexity index is 2020. The Labute approximate surface area is 271 Å². The predicted octanol–water partition coefficient (Wildman–Crippen LogP) is 3.88. The molecule has 5 N–H and O–H groups in total. The number of pyridine rings is 1. The van der Waals surface area contributed by atoms with Crippen LogP contribution >= 0.6 is 0 Å². The second kappa shape index (κ2) is 15.4. The highest BCUT2D eigenvalue weighted by molar-refractivity contribution is 7.89. The molecular weight excluding hydrogens is 657 g/mol. The number of aliphatic carboxylic acids is 2. The van der Waals surface area contributed by atoms with Crippen molar-refractivity contribution in [2.45, 2.75) is 30.1 Å². The van der Waals surface area contributed by atoms with Gasteiger partial charge in [-0.15, -0.1) is 0 Å². The molecule has 0 radical (unpaired) electrons. The number of nitrogens with zero attached hydrogens (tertiary/aromatic N) is 3. The van der Waals surface area contributed by atoms with Gasteiger partial charge in [0.05, 0.1) is 16.6 Å². The maximum Gasteiger partial charge on any atom is 0.490 e. The van der Waals surface area contributed by atoms with Crippen molar-refractivity contribution < 1.29 is 46.2 Å². The number of carbonyl (C=O) groups excluding carboxylic acids is 1. The number of hydrogen-bond acceptors (Lipinski definition) is 8. The van der Waals surface area contributed by atoms with Crippen LogP contribution in [0.25, 0.3) is 21.7 Å². The van der Waals surface area contributed by atoms with Gasteiger partial charge in [0, 0.05) is 42.2 Å². The fourth-order valence-corrected chi connectivity index (χ4v) is 5.89. The zero-order valence-corrected chi connectivity index (χ0v) is 25.7. The Morgan fingerprint density at radius 1 is 0.917 bits per heavy atom. The normalized spacial score (nSPS) is 12.1. The molecule has 3 aromatic carbocycles. The van der Waals surface area contributed by atoms with Crippen LogP contribution in [0.4, 0.5) is 19.0 Å². The number of amides is 1. The van der Waals surface area contributed by atoms with E-state index in [-0.39, 0.29) is 4.90 Å². The number of aromatic nitrogens is 3. The highest BCUT2D eigenvalue weighted by atomic mass is 32.2. The van der Waals surface area contributed by atoms with Gasteiger partial charge in [0.25, 0.3) is 5.91 Å². The predicted molar refractivity (Wildman–Crippen MR) is 169 cm³/mol. The van der Waals surface area contributed by atoms with E-state index >= 15 is 0 Å². The van der Waals surface area contributed by atoms with Crippen molar-refractivity contribution in [3.8, 4) is 0 Å². The Hall–Kier alpha value is -5.55. The summed E-state index contributed by atoms with van der Waals surface area (Å²) in [5.41, 5.74) is 1.15. The molecule has 48 heavy (non-hydrogen) atoms. The smallest absolute Gasteiger partial charge is 0.480 e. The summed E-state index contributed by atoms with van der Waals surface area (Å²) in [6.45, 7) is 0.929. The number of halogens is 3. The van der Waals surface area contributed by atoms with Gasteiger partial charge in [-0.2, -0.15) is 23.0 Å². The summed E-state index contributed by atoms with van der Waals surface area (Å²) < 4.78 is 62.0. The van der Waals surface area contributed by atoms with Crippen LogP contribution in [0.2, 0.25) is 0 Å². The van der Waals surface area contributed by atoms with Gasteiger partial charge >= 0.3 is 18.1 Å². The Morgan fingerprint density at radius 2 is 1.62 bits per heavy atom. The first kappa shape index (κ1) is 35.3. The molecule has 5 aromatic rings. The number of sulfonamides is 1. The van der Waals surface area contributed by atoms with Crippen LogP contribution in [0.15, 0.2) is 96.2 Å². The molecule has 0 saturated carbocycles. The number of nitrogens with one attached hydrogen (secondary N) is 3. The molecular formula is C31H29F3N6O7S. The molecule has 0 aliphatic heterocycles. The van der Waals surface area contributed by atoms with Crippen molar-refractivity contribution in [1.82, 2.24) is 24.8 Å². The monoisotopic (exact) mass is 686 g/mol. The van der Waals surface area contributed by atoms with Gasteiger partial charge in [0.1, 0.15) is 11.9 Å². The van der Waals surface area contributed by atoms with Gasteiger partial charge in [-0.1, -0.05) is 42.5 Å². The number of anilines is 1. The van der Waals surface area contributed by atoms with E-state index in [0.29, 0.717) is 29.4 Å². The van der Waals surface area contributed by atoms with Crippen LogP contribution in [-0.2, 0) is 26.2 Å². The van der Waals surface area contributed by atoms with Gasteiger partial charge in [-0.05, 0) is 48.2 Å². The molecule has 0 saturated heterocycles. The SMILES string of the molecule is O=C(NC[C@H](NS(=O)(=O)c1cccc2ccccc12)C(=O)O)c1ccc2c(cnn2CCCNc2ccccn2)c1.O=C(O)C(F)(F)F.